The molecular weight excluding hydrogens is 365 g/mol. The van der Waals surface area contributed by atoms with E-state index in [9.17, 15) is 14.7 Å². The molecule has 116 valence electrons. The molecule has 1 fully saturated rings. The smallest absolute Gasteiger partial charge is 0.326 e. The van der Waals surface area contributed by atoms with Gasteiger partial charge in [0.2, 0.25) is 0 Å². The number of thiocarbonyl (C=S) groups is 1. The molecule has 0 radical (unpaired) electrons. The van der Waals surface area contributed by atoms with Crippen molar-refractivity contribution < 1.29 is 14.7 Å². The lowest BCUT2D eigenvalue weighted by atomic mass is 10.1. The molecule has 1 N–H and O–H groups in total. The summed E-state index contributed by atoms with van der Waals surface area (Å²) in [7, 11) is 0. The Morgan fingerprint density at radius 3 is 2.55 bits per heavy atom. The second kappa shape index (κ2) is 7.00. The topological polar surface area (TPSA) is 57.6 Å². The number of carbonyl (C=O) groups excluding carboxylic acids is 1. The van der Waals surface area contributed by atoms with Crippen LogP contribution in [0, 0.1) is 0 Å². The first-order valence-electron chi connectivity index (χ1n) is 6.30. The fraction of sp³-hybridized carbons (Fsp3) is 0.214. The third kappa shape index (κ3) is 3.30. The van der Waals surface area contributed by atoms with Crippen LogP contribution in [-0.2, 0) is 9.59 Å². The molecule has 1 atom stereocenters. The number of amides is 1. The first-order chi connectivity index (χ1) is 10.4. The average molecular weight is 376 g/mol. The van der Waals surface area contributed by atoms with Gasteiger partial charge >= 0.3 is 5.97 Å². The van der Waals surface area contributed by atoms with Crippen LogP contribution < -0.4 is 0 Å². The minimum Gasteiger partial charge on any atom is -0.480 e. The molecular formula is C14H11Cl2NO3S2. The number of halogens is 2. The van der Waals surface area contributed by atoms with Crippen molar-refractivity contribution in [1.29, 1.82) is 0 Å². The second-order valence-electron chi connectivity index (χ2n) is 4.45. The summed E-state index contributed by atoms with van der Waals surface area (Å²) in [5, 5.41) is 10.0. The number of thioether (sulfide) groups is 1. The molecule has 0 aliphatic carbocycles. The molecule has 1 saturated heterocycles. The number of nitrogens with zero attached hydrogens (tertiary/aromatic N) is 1. The van der Waals surface area contributed by atoms with Crippen LogP contribution in [0.1, 0.15) is 18.9 Å². The van der Waals surface area contributed by atoms with Crippen LogP contribution in [0.5, 0.6) is 0 Å². The highest BCUT2D eigenvalue weighted by molar-refractivity contribution is 8.26. The van der Waals surface area contributed by atoms with Gasteiger partial charge < -0.3 is 5.11 Å². The van der Waals surface area contributed by atoms with E-state index in [0.717, 1.165) is 16.7 Å². The van der Waals surface area contributed by atoms with Crippen molar-refractivity contribution in [3.8, 4) is 0 Å². The Bertz CT molecular complexity index is 670. The van der Waals surface area contributed by atoms with Gasteiger partial charge in [-0.15, -0.1) is 0 Å². The molecule has 1 aromatic rings. The SMILES string of the molecule is CCC(C(=O)O)N1C(=O)/C(=C/c2c(Cl)cccc2Cl)SC1=S. The van der Waals surface area contributed by atoms with E-state index in [1.807, 2.05) is 0 Å². The minimum atomic E-state index is -1.09. The van der Waals surface area contributed by atoms with Crippen LogP contribution in [0.4, 0.5) is 0 Å². The predicted octanol–water partition coefficient (Wildman–Crippen LogP) is 4.06. The van der Waals surface area contributed by atoms with E-state index >= 15 is 0 Å². The highest BCUT2D eigenvalue weighted by atomic mass is 35.5. The molecule has 1 heterocycles. The third-order valence-electron chi connectivity index (χ3n) is 3.08. The number of carbonyl (C=O) groups is 2. The summed E-state index contributed by atoms with van der Waals surface area (Å²) in [6, 6.07) is 4.04. The molecule has 2 rings (SSSR count). The molecule has 1 aliphatic rings. The van der Waals surface area contributed by atoms with Crippen LogP contribution >= 0.6 is 47.2 Å². The zero-order valence-corrected chi connectivity index (χ0v) is 14.5. The Hall–Kier alpha value is -1.08. The van der Waals surface area contributed by atoms with Gasteiger partial charge in [0.05, 0.1) is 4.91 Å². The highest BCUT2D eigenvalue weighted by Crippen LogP contribution is 2.37. The summed E-state index contributed by atoms with van der Waals surface area (Å²) in [5.74, 6) is -1.53. The number of hydrogen-bond donors (Lipinski definition) is 1. The molecule has 0 bridgehead atoms. The lowest BCUT2D eigenvalue weighted by Gasteiger charge is -2.21. The standard InChI is InChI=1S/C14H11Cl2NO3S2/c1-2-10(13(19)20)17-12(18)11(22-14(17)21)6-7-8(15)4-3-5-9(7)16/h3-6,10H,2H2,1H3,(H,19,20)/b11-6-. The summed E-state index contributed by atoms with van der Waals surface area (Å²) < 4.78 is 0.216. The number of hydrogen-bond acceptors (Lipinski definition) is 4. The van der Waals surface area contributed by atoms with Crippen molar-refractivity contribution in [2.75, 3.05) is 0 Å². The van der Waals surface area contributed by atoms with Crippen molar-refractivity contribution in [3.05, 3.63) is 38.7 Å². The molecule has 4 nitrogen and oxygen atoms in total. The number of rotatable bonds is 4. The summed E-state index contributed by atoms with van der Waals surface area (Å²) in [6.07, 6.45) is 1.81. The molecule has 1 aliphatic heterocycles. The van der Waals surface area contributed by atoms with Crippen molar-refractivity contribution in [1.82, 2.24) is 4.90 Å². The molecule has 0 aromatic heterocycles. The van der Waals surface area contributed by atoms with Crippen LogP contribution in [0.25, 0.3) is 6.08 Å². The maximum absolute atomic E-state index is 12.4. The van der Waals surface area contributed by atoms with Gasteiger partial charge in [-0.2, -0.15) is 0 Å². The molecule has 0 spiro atoms. The molecule has 22 heavy (non-hydrogen) atoms. The lowest BCUT2D eigenvalue weighted by Crippen LogP contribution is -2.43. The quantitative estimate of drug-likeness (QED) is 0.635. The summed E-state index contributed by atoms with van der Waals surface area (Å²) in [4.78, 5) is 25.1. The van der Waals surface area contributed by atoms with Gasteiger partial charge in [-0.1, -0.05) is 60.2 Å². The van der Waals surface area contributed by atoms with Gasteiger partial charge in [0.25, 0.3) is 5.91 Å². The number of aliphatic carboxylic acids is 1. The van der Waals surface area contributed by atoms with E-state index in [1.165, 1.54) is 0 Å². The molecule has 0 saturated carbocycles. The van der Waals surface area contributed by atoms with Gasteiger partial charge in [0.1, 0.15) is 10.4 Å². The fourth-order valence-electron chi connectivity index (χ4n) is 2.00. The summed E-state index contributed by atoms with van der Waals surface area (Å²) in [5.41, 5.74) is 0.509. The summed E-state index contributed by atoms with van der Waals surface area (Å²) in [6.45, 7) is 1.69. The molecule has 1 amide bonds. The van der Waals surface area contributed by atoms with E-state index in [1.54, 1.807) is 31.2 Å². The van der Waals surface area contributed by atoms with Crippen LogP contribution in [0.15, 0.2) is 23.1 Å². The number of carboxylic acid groups (broad SMARTS) is 1. The Labute approximate surface area is 147 Å². The van der Waals surface area contributed by atoms with Gasteiger partial charge in [0, 0.05) is 15.6 Å². The van der Waals surface area contributed by atoms with E-state index in [-0.39, 0.29) is 10.7 Å². The largest absolute Gasteiger partial charge is 0.480 e. The Morgan fingerprint density at radius 1 is 1.45 bits per heavy atom. The van der Waals surface area contributed by atoms with Gasteiger partial charge in [-0.25, -0.2) is 4.79 Å². The highest BCUT2D eigenvalue weighted by Gasteiger charge is 2.39. The first-order valence-corrected chi connectivity index (χ1v) is 8.28. The van der Waals surface area contributed by atoms with E-state index in [4.69, 9.17) is 35.4 Å². The summed E-state index contributed by atoms with van der Waals surface area (Å²) >= 11 is 18.3. The van der Waals surface area contributed by atoms with Gasteiger partial charge in [-0.3, -0.25) is 9.69 Å². The van der Waals surface area contributed by atoms with E-state index in [0.29, 0.717) is 20.5 Å². The van der Waals surface area contributed by atoms with Crippen molar-refractivity contribution in [2.24, 2.45) is 0 Å². The van der Waals surface area contributed by atoms with Gasteiger partial charge in [0.15, 0.2) is 0 Å². The normalized spacial score (nSPS) is 18.1. The fourth-order valence-corrected chi connectivity index (χ4v) is 3.84. The van der Waals surface area contributed by atoms with Crippen molar-refractivity contribution >= 4 is 69.5 Å². The number of benzene rings is 1. The molecule has 1 aromatic carbocycles. The monoisotopic (exact) mass is 375 g/mol. The van der Waals surface area contributed by atoms with E-state index < -0.39 is 17.9 Å². The Balaban J connectivity index is 2.40. The van der Waals surface area contributed by atoms with Crippen LogP contribution in [0.2, 0.25) is 10.0 Å². The molecule has 1 unspecified atom stereocenters. The zero-order valence-electron chi connectivity index (χ0n) is 11.4. The Morgan fingerprint density at radius 2 is 2.05 bits per heavy atom. The van der Waals surface area contributed by atoms with Crippen LogP contribution in [0.3, 0.4) is 0 Å². The van der Waals surface area contributed by atoms with E-state index in [2.05, 4.69) is 0 Å². The maximum atomic E-state index is 12.4. The van der Waals surface area contributed by atoms with Crippen LogP contribution in [-0.4, -0.2) is 32.2 Å². The first kappa shape index (κ1) is 17.3. The zero-order chi connectivity index (χ0) is 16.4. The third-order valence-corrected chi connectivity index (χ3v) is 5.07. The predicted molar refractivity (Wildman–Crippen MR) is 93.2 cm³/mol. The molecule has 8 heteroatoms. The second-order valence-corrected chi connectivity index (χ2v) is 6.94. The van der Waals surface area contributed by atoms with Crippen molar-refractivity contribution in [3.63, 3.8) is 0 Å². The maximum Gasteiger partial charge on any atom is 0.326 e. The number of carboxylic acids is 1. The van der Waals surface area contributed by atoms with Crippen molar-refractivity contribution in [2.45, 2.75) is 19.4 Å². The average Bonchev–Trinajstić information content (AvgIpc) is 2.71. The minimum absolute atomic E-state index is 0.216. The Kier molecular flexibility index (Phi) is 5.50. The van der Waals surface area contributed by atoms with Gasteiger partial charge in [-0.05, 0) is 24.6 Å². The lowest BCUT2D eigenvalue weighted by molar-refractivity contribution is -0.145.